The van der Waals surface area contributed by atoms with Gasteiger partial charge in [0.15, 0.2) is 0 Å². The molecule has 4 aromatic rings. The second-order valence-electron chi connectivity index (χ2n) is 6.83. The molecule has 0 radical (unpaired) electrons. The third-order valence-electron chi connectivity index (χ3n) is 4.95. The van der Waals surface area contributed by atoms with Crippen molar-refractivity contribution >= 4 is 46.0 Å². The van der Waals surface area contributed by atoms with Gasteiger partial charge in [-0.05, 0) is 29.2 Å². The Labute approximate surface area is 192 Å². The van der Waals surface area contributed by atoms with Crippen molar-refractivity contribution in [2.24, 2.45) is 0 Å². The molecule has 0 spiro atoms. The molecule has 1 fully saturated rings. The molecule has 0 unspecified atom stereocenters. The summed E-state index contributed by atoms with van der Waals surface area (Å²) in [4.78, 5) is 12.0. The van der Waals surface area contributed by atoms with Gasteiger partial charge in [0.2, 0.25) is 5.95 Å². The maximum atomic E-state index is 4.88. The maximum Gasteiger partial charge on any atom is 0.225 e. The molecule has 0 atom stereocenters. The molecule has 0 amide bonds. The van der Waals surface area contributed by atoms with Gasteiger partial charge in [-0.2, -0.15) is 16.7 Å². The van der Waals surface area contributed by atoms with Crippen molar-refractivity contribution in [3.05, 3.63) is 59.5 Å². The molecule has 3 heterocycles. The van der Waals surface area contributed by atoms with Crippen LogP contribution in [0.5, 0.6) is 0 Å². The van der Waals surface area contributed by atoms with Crippen molar-refractivity contribution in [2.75, 3.05) is 34.8 Å². The second-order valence-corrected chi connectivity index (χ2v) is 8.66. The van der Waals surface area contributed by atoms with Gasteiger partial charge in [0.25, 0.3) is 0 Å². The Hall–Kier alpha value is -2.71. The zero-order valence-corrected chi connectivity index (χ0v) is 19.4. The van der Waals surface area contributed by atoms with Gasteiger partial charge in [-0.15, -0.1) is 5.10 Å². The van der Waals surface area contributed by atoms with E-state index in [0.29, 0.717) is 12.5 Å². The molecule has 2 aromatic carbocycles. The highest BCUT2D eigenvalue weighted by atomic mass is 32.2. The molecule has 1 aliphatic heterocycles. The summed E-state index contributed by atoms with van der Waals surface area (Å²) in [5, 5.41) is 10.6. The van der Waals surface area contributed by atoms with E-state index < -0.39 is 0 Å². The van der Waals surface area contributed by atoms with E-state index in [1.807, 2.05) is 37.1 Å². The number of hydrogen-bond acceptors (Lipinski definition) is 8. The van der Waals surface area contributed by atoms with Gasteiger partial charge in [0.05, 0.1) is 5.52 Å². The van der Waals surface area contributed by atoms with Gasteiger partial charge in [0.1, 0.15) is 11.5 Å². The lowest BCUT2D eigenvalue weighted by Gasteiger charge is -2.28. The molecule has 1 N–H and O–H groups in total. The highest BCUT2D eigenvalue weighted by Crippen LogP contribution is 2.27. The van der Waals surface area contributed by atoms with Gasteiger partial charge in [-0.1, -0.05) is 54.7 Å². The first kappa shape index (κ1) is 21.5. The van der Waals surface area contributed by atoms with Crippen LogP contribution in [0.1, 0.15) is 20.8 Å². The Kier molecular flexibility index (Phi) is 7.32. The lowest BCUT2D eigenvalue weighted by Crippen LogP contribution is -2.33. The summed E-state index contributed by atoms with van der Waals surface area (Å²) in [7, 11) is 0. The first-order valence-corrected chi connectivity index (χ1v) is 12.6. The average Bonchev–Trinajstić information content (AvgIpc) is 3.39. The molecule has 2 aromatic heterocycles. The summed E-state index contributed by atoms with van der Waals surface area (Å²) in [6.07, 6.45) is 0. The van der Waals surface area contributed by atoms with E-state index >= 15 is 0 Å². The molecule has 1 saturated heterocycles. The van der Waals surface area contributed by atoms with E-state index in [1.54, 1.807) is 0 Å². The van der Waals surface area contributed by atoms with Crippen LogP contribution in [0.3, 0.4) is 0 Å². The summed E-state index contributed by atoms with van der Waals surface area (Å²) in [5.74, 6) is 3.98. The number of nitrogens with zero attached hydrogens (tertiary/aromatic N) is 5. The molecule has 0 bridgehead atoms. The Morgan fingerprint density at radius 1 is 1.00 bits per heavy atom. The molecule has 1 aliphatic rings. The number of benzene rings is 2. The molecule has 0 aliphatic carbocycles. The third-order valence-corrected chi connectivity index (χ3v) is 6.40. The van der Waals surface area contributed by atoms with Crippen LogP contribution in [0.25, 0.3) is 22.2 Å². The largest absolute Gasteiger partial charge is 0.354 e. The number of aromatic nitrogens is 4. The normalized spacial score (nSPS) is 13.5. The van der Waals surface area contributed by atoms with Crippen LogP contribution >= 0.6 is 23.3 Å². The highest BCUT2D eigenvalue weighted by molar-refractivity contribution is 7.99. The topological polar surface area (TPSA) is 66.8 Å². The van der Waals surface area contributed by atoms with Crippen LogP contribution in [0.4, 0.5) is 11.8 Å². The summed E-state index contributed by atoms with van der Waals surface area (Å²) in [5.41, 5.74) is 4.14. The minimum Gasteiger partial charge on any atom is -0.354 e. The predicted octanol–water partition coefficient (Wildman–Crippen LogP) is 5.59. The average molecular weight is 453 g/mol. The molecule has 8 heteroatoms. The summed E-state index contributed by atoms with van der Waals surface area (Å²) in [6, 6.07) is 16.6. The quantitative estimate of drug-likeness (QED) is 0.423. The van der Waals surface area contributed by atoms with Crippen LogP contribution in [0, 0.1) is 0 Å². The Bertz CT molecular complexity index is 1100. The van der Waals surface area contributed by atoms with Gasteiger partial charge in [-0.3, -0.25) is 0 Å². The van der Waals surface area contributed by atoms with E-state index in [-0.39, 0.29) is 1.43 Å². The highest BCUT2D eigenvalue weighted by Gasteiger charge is 2.17. The van der Waals surface area contributed by atoms with Crippen molar-refractivity contribution in [3.63, 3.8) is 0 Å². The van der Waals surface area contributed by atoms with Crippen molar-refractivity contribution in [1.29, 1.82) is 0 Å². The number of nitrogens with one attached hydrogen (secondary N) is 1. The van der Waals surface area contributed by atoms with Gasteiger partial charge >= 0.3 is 0 Å². The van der Waals surface area contributed by atoms with E-state index in [9.17, 15) is 0 Å². The predicted molar refractivity (Wildman–Crippen MR) is 135 cm³/mol. The maximum absolute atomic E-state index is 4.88. The Balaban J connectivity index is 0.000000938. The monoisotopic (exact) mass is 452 g/mol. The molecule has 0 saturated carbocycles. The molecular weight excluding hydrogens is 424 g/mol. The summed E-state index contributed by atoms with van der Waals surface area (Å²) >= 11 is 3.37. The van der Waals surface area contributed by atoms with Gasteiger partial charge < -0.3 is 10.2 Å². The van der Waals surface area contributed by atoms with Crippen molar-refractivity contribution in [1.82, 2.24) is 19.6 Å². The van der Waals surface area contributed by atoms with Gasteiger partial charge in [0, 0.05) is 48.9 Å². The Morgan fingerprint density at radius 3 is 2.52 bits per heavy atom. The molecule has 6 nitrogen and oxygen atoms in total. The Morgan fingerprint density at radius 2 is 1.77 bits per heavy atom. The fraction of sp³-hybridized carbons (Fsp3) is 0.304. The lowest BCUT2D eigenvalue weighted by atomic mass is 10.1. The van der Waals surface area contributed by atoms with Crippen molar-refractivity contribution < 1.29 is 1.43 Å². The van der Waals surface area contributed by atoms with E-state index in [0.717, 1.165) is 52.6 Å². The van der Waals surface area contributed by atoms with Crippen LogP contribution in [-0.2, 0) is 6.54 Å². The van der Waals surface area contributed by atoms with E-state index in [1.165, 1.54) is 17.1 Å². The minimum absolute atomic E-state index is 0. The zero-order valence-electron chi connectivity index (χ0n) is 17.8. The van der Waals surface area contributed by atoms with Crippen LogP contribution in [0.15, 0.2) is 53.9 Å². The molecule has 5 rings (SSSR count). The SMILES string of the molecule is CC.[HH].c1ccc2c(N3CCSCC3)nc(NCc3ccc(-c4csnn4)cc3)nc2c1. The van der Waals surface area contributed by atoms with E-state index in [2.05, 4.69) is 62.3 Å². The molecule has 31 heavy (non-hydrogen) atoms. The standard InChI is InChI=1S/C21H20N6S2.C2H6.H2/c1-2-4-18-17(3-1)20(27-9-11-28-12-10-27)24-21(23-18)22-13-15-5-7-16(8-6-15)19-14-29-26-25-19;1-2;/h1-8,14H,9-13H2,(H,22,23,24);1-2H3;1H. The fourth-order valence-corrected chi connectivity index (χ4v) is 4.79. The number of fused-ring (bicyclic) bond motifs is 1. The number of rotatable bonds is 5. The van der Waals surface area contributed by atoms with Crippen LogP contribution < -0.4 is 10.2 Å². The number of anilines is 2. The zero-order chi connectivity index (χ0) is 21.5. The molecular formula is C23H28N6S2. The van der Waals surface area contributed by atoms with Crippen LogP contribution in [-0.4, -0.2) is 44.2 Å². The minimum atomic E-state index is 0. The first-order valence-electron chi connectivity index (χ1n) is 10.6. The second kappa shape index (κ2) is 10.5. The van der Waals surface area contributed by atoms with Gasteiger partial charge in [-0.25, -0.2) is 4.98 Å². The smallest absolute Gasteiger partial charge is 0.225 e. The summed E-state index contributed by atoms with van der Waals surface area (Å²) in [6.45, 7) is 6.72. The lowest BCUT2D eigenvalue weighted by molar-refractivity contribution is 0.841. The fourth-order valence-electron chi connectivity index (χ4n) is 3.42. The third kappa shape index (κ3) is 5.14. The van der Waals surface area contributed by atoms with Crippen LogP contribution in [0.2, 0.25) is 0 Å². The number of para-hydroxylation sites is 1. The summed E-state index contributed by atoms with van der Waals surface area (Å²) < 4.78 is 3.93. The van der Waals surface area contributed by atoms with Crippen molar-refractivity contribution in [2.45, 2.75) is 20.4 Å². The first-order chi connectivity index (χ1) is 15.4. The molecule has 162 valence electrons. The number of hydrogen-bond donors (Lipinski definition) is 1. The van der Waals surface area contributed by atoms with Crippen molar-refractivity contribution in [3.8, 4) is 11.3 Å². The van der Waals surface area contributed by atoms with E-state index in [4.69, 9.17) is 9.97 Å². The number of thioether (sulfide) groups is 1.